The lowest BCUT2D eigenvalue weighted by Crippen LogP contribution is -2.38. The van der Waals surface area contributed by atoms with E-state index < -0.39 is 18.2 Å². The molecule has 1 atom stereocenters. The molecule has 12 heavy (non-hydrogen) atoms. The van der Waals surface area contributed by atoms with Crippen LogP contribution in [0.3, 0.4) is 0 Å². The second-order valence-electron chi connectivity index (χ2n) is 3.32. The van der Waals surface area contributed by atoms with Gasteiger partial charge >= 0.3 is 6.18 Å². The fourth-order valence-electron chi connectivity index (χ4n) is 0.877. The molecule has 0 aromatic carbocycles. The van der Waals surface area contributed by atoms with Crippen LogP contribution < -0.4 is 0 Å². The monoisotopic (exact) mass is 184 g/mol. The van der Waals surface area contributed by atoms with Crippen molar-refractivity contribution in [3.63, 3.8) is 0 Å². The maximum atomic E-state index is 12.3. The summed E-state index contributed by atoms with van der Waals surface area (Å²) in [7, 11) is 0. The molecule has 74 valence electrons. The predicted molar refractivity (Wildman–Crippen MR) is 40.8 cm³/mol. The van der Waals surface area contributed by atoms with Crippen molar-refractivity contribution in [3.8, 4) is 0 Å². The van der Waals surface area contributed by atoms with Crippen molar-refractivity contribution in [1.82, 2.24) is 0 Å². The minimum absolute atomic E-state index is 0.00347. The highest BCUT2D eigenvalue weighted by atomic mass is 19.4. The summed E-state index contributed by atoms with van der Waals surface area (Å²) in [5, 5.41) is 8.63. The molecule has 0 aromatic rings. The van der Waals surface area contributed by atoms with Crippen LogP contribution in [-0.2, 0) is 0 Å². The number of hydrogen-bond acceptors (Lipinski definition) is 1. The van der Waals surface area contributed by atoms with E-state index in [1.807, 2.05) is 6.92 Å². The lowest BCUT2D eigenvalue weighted by atomic mass is 9.85. The molecule has 0 aliphatic rings. The summed E-state index contributed by atoms with van der Waals surface area (Å²) in [6.07, 6.45) is -3.08. The number of hydrogen-bond donors (Lipinski definition) is 1. The normalized spacial score (nSPS) is 17.5. The fraction of sp³-hybridized carbons (Fsp3) is 1.00. The average molecular weight is 184 g/mol. The second-order valence-corrected chi connectivity index (χ2v) is 3.32. The third kappa shape index (κ3) is 2.66. The number of unbranched alkanes of at least 4 members (excludes halogenated alkanes) is 1. The maximum absolute atomic E-state index is 12.3. The van der Waals surface area contributed by atoms with E-state index in [4.69, 9.17) is 5.11 Å². The van der Waals surface area contributed by atoms with Gasteiger partial charge in [0.25, 0.3) is 0 Å². The molecular weight excluding hydrogens is 169 g/mol. The van der Waals surface area contributed by atoms with Crippen LogP contribution in [-0.4, -0.2) is 17.9 Å². The summed E-state index contributed by atoms with van der Waals surface area (Å²) < 4.78 is 36.8. The first-order valence-electron chi connectivity index (χ1n) is 4.05. The Morgan fingerprint density at radius 2 is 1.75 bits per heavy atom. The highest BCUT2D eigenvalue weighted by Crippen LogP contribution is 2.41. The molecule has 0 aliphatic carbocycles. The molecule has 0 saturated heterocycles. The third-order valence-corrected chi connectivity index (χ3v) is 2.12. The van der Waals surface area contributed by atoms with Crippen molar-refractivity contribution in [2.75, 3.05) is 6.61 Å². The first kappa shape index (κ1) is 11.8. The first-order chi connectivity index (χ1) is 5.37. The molecule has 0 bridgehead atoms. The maximum Gasteiger partial charge on any atom is 0.396 e. The topological polar surface area (TPSA) is 20.2 Å². The van der Waals surface area contributed by atoms with Crippen LogP contribution in [0.5, 0.6) is 0 Å². The Hall–Kier alpha value is -0.250. The summed E-state index contributed by atoms with van der Waals surface area (Å²) in [5.74, 6) is 0. The molecule has 0 fully saturated rings. The largest absolute Gasteiger partial charge is 0.396 e. The summed E-state index contributed by atoms with van der Waals surface area (Å²) in [6.45, 7) is 2.06. The molecule has 1 N–H and O–H groups in total. The Balaban J connectivity index is 4.24. The lowest BCUT2D eigenvalue weighted by molar-refractivity contribution is -0.231. The molecule has 0 unspecified atom stereocenters. The first-order valence-corrected chi connectivity index (χ1v) is 4.05. The molecular formula is C8H15F3O. The highest BCUT2D eigenvalue weighted by molar-refractivity contribution is 4.80. The smallest absolute Gasteiger partial charge is 0.395 e. The Bertz CT molecular complexity index is 133. The minimum Gasteiger partial charge on any atom is -0.395 e. The van der Waals surface area contributed by atoms with Crippen LogP contribution in [0.1, 0.15) is 33.1 Å². The Kier molecular flexibility index (Phi) is 4.03. The van der Waals surface area contributed by atoms with Gasteiger partial charge in [0.2, 0.25) is 0 Å². The van der Waals surface area contributed by atoms with Gasteiger partial charge in [-0.05, 0) is 13.3 Å². The van der Waals surface area contributed by atoms with Gasteiger partial charge < -0.3 is 5.11 Å². The molecule has 0 amide bonds. The van der Waals surface area contributed by atoms with Gasteiger partial charge in [-0.25, -0.2) is 0 Å². The van der Waals surface area contributed by atoms with Crippen LogP contribution >= 0.6 is 0 Å². The van der Waals surface area contributed by atoms with Crippen LogP contribution in [0.2, 0.25) is 0 Å². The van der Waals surface area contributed by atoms with Crippen LogP contribution in [0.15, 0.2) is 0 Å². The van der Waals surface area contributed by atoms with E-state index in [0.717, 1.165) is 6.92 Å². The number of rotatable bonds is 4. The van der Waals surface area contributed by atoms with Gasteiger partial charge in [-0.2, -0.15) is 13.2 Å². The van der Waals surface area contributed by atoms with E-state index >= 15 is 0 Å². The molecule has 0 radical (unpaired) electrons. The van der Waals surface area contributed by atoms with Crippen molar-refractivity contribution < 1.29 is 18.3 Å². The van der Waals surface area contributed by atoms with E-state index in [0.29, 0.717) is 12.8 Å². The van der Waals surface area contributed by atoms with E-state index in [2.05, 4.69) is 0 Å². The molecule has 0 aliphatic heterocycles. The van der Waals surface area contributed by atoms with Crippen LogP contribution in [0.25, 0.3) is 0 Å². The number of aliphatic hydroxyl groups is 1. The van der Waals surface area contributed by atoms with Crippen molar-refractivity contribution >= 4 is 0 Å². The van der Waals surface area contributed by atoms with Gasteiger partial charge in [0.05, 0.1) is 12.0 Å². The molecule has 0 heterocycles. The van der Waals surface area contributed by atoms with Gasteiger partial charge in [0, 0.05) is 0 Å². The molecule has 1 nitrogen and oxygen atoms in total. The summed E-state index contributed by atoms with van der Waals surface area (Å²) in [5.41, 5.74) is -1.91. The number of halogens is 3. The quantitative estimate of drug-likeness (QED) is 0.712. The fourth-order valence-corrected chi connectivity index (χ4v) is 0.877. The highest BCUT2D eigenvalue weighted by Gasteiger charge is 2.49. The number of alkyl halides is 3. The standard InChI is InChI=1S/C8H15F3O/c1-3-4-5-7(2,6-12)8(9,10)11/h12H,3-6H2,1-2H3/t7-/m1/s1. The van der Waals surface area contributed by atoms with Gasteiger partial charge in [0.1, 0.15) is 0 Å². The number of aliphatic hydroxyl groups excluding tert-OH is 1. The Labute approximate surface area is 70.6 Å². The summed E-state index contributed by atoms with van der Waals surface area (Å²) in [6, 6.07) is 0. The van der Waals surface area contributed by atoms with E-state index in [9.17, 15) is 13.2 Å². The molecule has 0 spiro atoms. The van der Waals surface area contributed by atoms with Crippen molar-refractivity contribution in [2.24, 2.45) is 5.41 Å². The zero-order chi connectivity index (χ0) is 9.83. The Morgan fingerprint density at radius 3 is 2.00 bits per heavy atom. The lowest BCUT2D eigenvalue weighted by Gasteiger charge is -2.29. The van der Waals surface area contributed by atoms with Crippen molar-refractivity contribution in [3.05, 3.63) is 0 Å². The molecule has 0 saturated carbocycles. The molecule has 0 rings (SSSR count). The SMILES string of the molecule is CCCC[C@](C)(CO)C(F)(F)F. The predicted octanol–water partition coefficient (Wildman–Crippen LogP) is 2.74. The van der Waals surface area contributed by atoms with Crippen LogP contribution in [0.4, 0.5) is 13.2 Å². The van der Waals surface area contributed by atoms with Crippen LogP contribution in [0, 0.1) is 5.41 Å². The van der Waals surface area contributed by atoms with Gasteiger partial charge in [-0.3, -0.25) is 0 Å². The Morgan fingerprint density at radius 1 is 1.25 bits per heavy atom. The van der Waals surface area contributed by atoms with E-state index in [1.54, 1.807) is 0 Å². The second kappa shape index (κ2) is 4.12. The zero-order valence-electron chi connectivity index (χ0n) is 7.41. The van der Waals surface area contributed by atoms with E-state index in [-0.39, 0.29) is 6.42 Å². The molecule has 4 heteroatoms. The van der Waals surface area contributed by atoms with Gasteiger partial charge in [-0.15, -0.1) is 0 Å². The summed E-state index contributed by atoms with van der Waals surface area (Å²) in [4.78, 5) is 0. The summed E-state index contributed by atoms with van der Waals surface area (Å²) >= 11 is 0. The minimum atomic E-state index is -4.29. The third-order valence-electron chi connectivity index (χ3n) is 2.12. The van der Waals surface area contributed by atoms with Crippen molar-refractivity contribution in [1.29, 1.82) is 0 Å². The van der Waals surface area contributed by atoms with Gasteiger partial charge in [-0.1, -0.05) is 19.8 Å². The molecule has 0 aromatic heterocycles. The van der Waals surface area contributed by atoms with Gasteiger partial charge in [0.15, 0.2) is 0 Å². The average Bonchev–Trinajstić information content (AvgIpc) is 1.98. The van der Waals surface area contributed by atoms with E-state index in [1.165, 1.54) is 0 Å². The zero-order valence-corrected chi connectivity index (χ0v) is 7.41. The van der Waals surface area contributed by atoms with Crippen molar-refractivity contribution in [2.45, 2.75) is 39.3 Å².